The van der Waals surface area contributed by atoms with Crippen LogP contribution in [-0.2, 0) is 4.79 Å². The van der Waals surface area contributed by atoms with Crippen molar-refractivity contribution in [3.05, 3.63) is 52.3 Å². The molecule has 0 aliphatic carbocycles. The Morgan fingerprint density at radius 2 is 2.00 bits per heavy atom. The van der Waals surface area contributed by atoms with E-state index in [9.17, 15) is 4.79 Å². The SMILES string of the molecule is Cc1cc(/C=N\NC(=O)COc2ccc(Cl)cc2)c(C)n1C(C)C. The number of ether oxygens (including phenoxy) is 1. The van der Waals surface area contributed by atoms with Crippen LogP contribution in [0.5, 0.6) is 5.75 Å². The molecule has 24 heavy (non-hydrogen) atoms. The summed E-state index contributed by atoms with van der Waals surface area (Å²) in [6.45, 7) is 8.26. The van der Waals surface area contributed by atoms with E-state index in [1.54, 1.807) is 30.5 Å². The van der Waals surface area contributed by atoms with E-state index in [-0.39, 0.29) is 12.5 Å². The minimum absolute atomic E-state index is 0.107. The molecule has 1 heterocycles. The van der Waals surface area contributed by atoms with Gasteiger partial charge in [0.25, 0.3) is 5.91 Å². The van der Waals surface area contributed by atoms with Crippen molar-refractivity contribution in [3.63, 3.8) is 0 Å². The lowest BCUT2D eigenvalue weighted by atomic mass is 10.2. The number of hydrogen-bond donors (Lipinski definition) is 1. The van der Waals surface area contributed by atoms with Crippen LogP contribution in [0.25, 0.3) is 0 Å². The van der Waals surface area contributed by atoms with Crippen LogP contribution >= 0.6 is 11.6 Å². The van der Waals surface area contributed by atoms with E-state index in [2.05, 4.69) is 41.9 Å². The Kier molecular flexibility index (Phi) is 6.04. The quantitative estimate of drug-likeness (QED) is 0.637. The van der Waals surface area contributed by atoms with E-state index >= 15 is 0 Å². The number of halogens is 1. The Morgan fingerprint density at radius 3 is 2.58 bits per heavy atom. The van der Waals surface area contributed by atoms with Crippen molar-refractivity contribution in [3.8, 4) is 5.75 Å². The van der Waals surface area contributed by atoms with Crippen LogP contribution in [0.1, 0.15) is 36.8 Å². The second-order valence-corrected chi connectivity index (χ2v) is 6.26. The van der Waals surface area contributed by atoms with Crippen LogP contribution in [0.3, 0.4) is 0 Å². The standard InChI is InChI=1S/C18H22ClN3O2/c1-12(2)22-13(3)9-15(14(22)4)10-20-21-18(23)11-24-17-7-5-16(19)6-8-17/h5-10,12H,11H2,1-4H3,(H,21,23)/b20-10-. The number of rotatable bonds is 6. The van der Waals surface area contributed by atoms with Crippen LogP contribution < -0.4 is 10.2 Å². The van der Waals surface area contributed by atoms with Gasteiger partial charge in [-0.2, -0.15) is 5.10 Å². The third kappa shape index (κ3) is 4.61. The molecule has 0 radical (unpaired) electrons. The maximum Gasteiger partial charge on any atom is 0.277 e. The van der Waals surface area contributed by atoms with Gasteiger partial charge in [-0.05, 0) is 58.0 Å². The maximum atomic E-state index is 11.8. The number of nitrogens with zero attached hydrogens (tertiary/aromatic N) is 2. The van der Waals surface area contributed by atoms with Gasteiger partial charge in [0.05, 0.1) is 6.21 Å². The van der Waals surface area contributed by atoms with Crippen molar-refractivity contribution in [2.75, 3.05) is 6.61 Å². The van der Waals surface area contributed by atoms with Crippen molar-refractivity contribution < 1.29 is 9.53 Å². The second kappa shape index (κ2) is 8.02. The third-order valence-electron chi connectivity index (χ3n) is 3.62. The van der Waals surface area contributed by atoms with Crippen molar-refractivity contribution in [2.45, 2.75) is 33.7 Å². The zero-order chi connectivity index (χ0) is 17.7. The van der Waals surface area contributed by atoms with Gasteiger partial charge in [-0.1, -0.05) is 11.6 Å². The minimum atomic E-state index is -0.320. The normalized spacial score (nSPS) is 11.2. The number of hydrogen-bond acceptors (Lipinski definition) is 3. The van der Waals surface area contributed by atoms with Crippen LogP contribution in [-0.4, -0.2) is 23.3 Å². The highest BCUT2D eigenvalue weighted by Crippen LogP contribution is 2.18. The zero-order valence-corrected chi connectivity index (χ0v) is 15.1. The number of carbonyl (C=O) groups is 1. The molecule has 0 aliphatic rings. The fourth-order valence-corrected chi connectivity index (χ4v) is 2.74. The highest BCUT2D eigenvalue weighted by molar-refractivity contribution is 6.30. The second-order valence-electron chi connectivity index (χ2n) is 5.83. The van der Waals surface area contributed by atoms with Crippen LogP contribution in [0.4, 0.5) is 0 Å². The summed E-state index contributed by atoms with van der Waals surface area (Å²) >= 11 is 5.79. The molecule has 0 spiro atoms. The molecule has 0 unspecified atom stereocenters. The lowest BCUT2D eigenvalue weighted by Gasteiger charge is -2.13. The van der Waals surface area contributed by atoms with Crippen LogP contribution in [0.15, 0.2) is 35.4 Å². The van der Waals surface area contributed by atoms with Gasteiger partial charge < -0.3 is 9.30 Å². The summed E-state index contributed by atoms with van der Waals surface area (Å²) in [4.78, 5) is 11.8. The molecule has 0 atom stereocenters. The summed E-state index contributed by atoms with van der Waals surface area (Å²) in [5.74, 6) is 0.262. The molecule has 0 fully saturated rings. The first-order valence-electron chi connectivity index (χ1n) is 7.77. The molecule has 1 N–H and O–H groups in total. The molecular weight excluding hydrogens is 326 g/mol. The molecule has 0 saturated carbocycles. The molecule has 128 valence electrons. The Morgan fingerprint density at radius 1 is 1.33 bits per heavy atom. The Hall–Kier alpha value is -2.27. The van der Waals surface area contributed by atoms with Gasteiger partial charge >= 0.3 is 0 Å². The summed E-state index contributed by atoms with van der Waals surface area (Å²) in [6.07, 6.45) is 1.65. The van der Waals surface area contributed by atoms with Gasteiger partial charge in [-0.3, -0.25) is 4.79 Å². The predicted octanol–water partition coefficient (Wildman–Crippen LogP) is 3.87. The highest BCUT2D eigenvalue weighted by Gasteiger charge is 2.09. The summed E-state index contributed by atoms with van der Waals surface area (Å²) in [5, 5.41) is 4.62. The number of carbonyl (C=O) groups excluding carboxylic acids is 1. The van der Waals surface area contributed by atoms with E-state index in [4.69, 9.17) is 16.3 Å². The van der Waals surface area contributed by atoms with Crippen LogP contribution in [0, 0.1) is 13.8 Å². The third-order valence-corrected chi connectivity index (χ3v) is 3.87. The molecule has 0 aliphatic heterocycles. The van der Waals surface area contributed by atoms with Crippen LogP contribution in [0.2, 0.25) is 5.02 Å². The van der Waals surface area contributed by atoms with E-state index in [0.29, 0.717) is 16.8 Å². The first-order chi connectivity index (χ1) is 11.4. The number of benzene rings is 1. The number of nitrogens with one attached hydrogen (secondary N) is 1. The fourth-order valence-electron chi connectivity index (χ4n) is 2.61. The summed E-state index contributed by atoms with van der Waals surface area (Å²) in [6, 6.07) is 9.26. The number of aryl methyl sites for hydroxylation is 1. The van der Waals surface area contributed by atoms with E-state index in [0.717, 1.165) is 11.3 Å². The largest absolute Gasteiger partial charge is 0.484 e. The van der Waals surface area contributed by atoms with E-state index in [1.165, 1.54) is 5.69 Å². The summed E-state index contributed by atoms with van der Waals surface area (Å²) < 4.78 is 7.58. The van der Waals surface area contributed by atoms with Gasteiger partial charge in [0.15, 0.2) is 6.61 Å². The lowest BCUT2D eigenvalue weighted by molar-refractivity contribution is -0.123. The Bertz CT molecular complexity index is 733. The fraction of sp³-hybridized carbons (Fsp3) is 0.333. The number of hydrazone groups is 1. The zero-order valence-electron chi connectivity index (χ0n) is 14.3. The van der Waals surface area contributed by atoms with Crippen molar-refractivity contribution in [1.29, 1.82) is 0 Å². The van der Waals surface area contributed by atoms with Gasteiger partial charge in [0.1, 0.15) is 5.75 Å². The van der Waals surface area contributed by atoms with Crippen molar-refractivity contribution >= 4 is 23.7 Å². The van der Waals surface area contributed by atoms with Gasteiger partial charge in [-0.15, -0.1) is 0 Å². The van der Waals surface area contributed by atoms with E-state index < -0.39 is 0 Å². The molecule has 0 bridgehead atoms. The van der Waals surface area contributed by atoms with Gasteiger partial charge in [0.2, 0.25) is 0 Å². The first kappa shape index (κ1) is 18.1. The molecule has 1 amide bonds. The molecule has 5 nitrogen and oxygen atoms in total. The molecular formula is C18H22ClN3O2. The summed E-state index contributed by atoms with van der Waals surface area (Å²) in [5.41, 5.74) is 5.75. The molecule has 2 rings (SSSR count). The smallest absolute Gasteiger partial charge is 0.277 e. The lowest BCUT2D eigenvalue weighted by Crippen LogP contribution is -2.24. The topological polar surface area (TPSA) is 55.6 Å². The molecule has 2 aromatic rings. The number of amides is 1. The average Bonchev–Trinajstić information content (AvgIpc) is 2.81. The predicted molar refractivity (Wildman–Crippen MR) is 97.0 cm³/mol. The number of aromatic nitrogens is 1. The molecule has 0 saturated heterocycles. The Balaban J connectivity index is 1.88. The molecule has 1 aromatic heterocycles. The molecule has 1 aromatic carbocycles. The van der Waals surface area contributed by atoms with Gasteiger partial charge in [0, 0.05) is 28.0 Å². The average molecular weight is 348 g/mol. The Labute approximate surface area is 147 Å². The molecule has 6 heteroatoms. The summed E-state index contributed by atoms with van der Waals surface area (Å²) in [7, 11) is 0. The van der Waals surface area contributed by atoms with Gasteiger partial charge in [-0.25, -0.2) is 5.43 Å². The first-order valence-corrected chi connectivity index (χ1v) is 8.15. The maximum absolute atomic E-state index is 11.8. The van der Waals surface area contributed by atoms with Crippen molar-refractivity contribution in [2.24, 2.45) is 5.10 Å². The van der Waals surface area contributed by atoms with E-state index in [1.807, 2.05) is 6.92 Å². The minimum Gasteiger partial charge on any atom is -0.484 e. The monoisotopic (exact) mass is 347 g/mol. The highest BCUT2D eigenvalue weighted by atomic mass is 35.5. The van der Waals surface area contributed by atoms with Crippen molar-refractivity contribution in [1.82, 2.24) is 9.99 Å².